The highest BCUT2D eigenvalue weighted by atomic mass is 15.4. The first-order chi connectivity index (χ1) is 8.18. The molecule has 2 aromatic heterocycles. The van der Waals surface area contributed by atoms with Crippen molar-refractivity contribution in [3.63, 3.8) is 0 Å². The molecule has 0 amide bonds. The number of rotatable bonds is 2. The van der Waals surface area contributed by atoms with E-state index in [1.807, 2.05) is 4.68 Å². The second-order valence-corrected chi connectivity index (χ2v) is 5.24. The molecule has 0 spiro atoms. The van der Waals surface area contributed by atoms with Crippen LogP contribution in [0.1, 0.15) is 57.2 Å². The number of fused-ring (bicyclic) bond motifs is 1. The summed E-state index contributed by atoms with van der Waals surface area (Å²) in [7, 11) is 0. The van der Waals surface area contributed by atoms with Crippen molar-refractivity contribution in [1.82, 2.24) is 20.0 Å². The molecule has 1 fully saturated rings. The maximum Gasteiger partial charge on any atom is 0.182 e. The highest BCUT2D eigenvalue weighted by molar-refractivity contribution is 5.89. The minimum Gasteiger partial charge on any atom is -0.383 e. The fourth-order valence-corrected chi connectivity index (χ4v) is 2.82. The predicted molar refractivity (Wildman–Crippen MR) is 67.9 cm³/mol. The molecule has 3 N–H and O–H groups in total. The van der Waals surface area contributed by atoms with Crippen LogP contribution >= 0.6 is 0 Å². The molecule has 2 heterocycles. The summed E-state index contributed by atoms with van der Waals surface area (Å²) in [6.45, 7) is 4.24. The van der Waals surface area contributed by atoms with Crippen LogP contribution in [0.5, 0.6) is 0 Å². The van der Waals surface area contributed by atoms with E-state index in [1.165, 1.54) is 25.7 Å². The van der Waals surface area contributed by atoms with Crippen molar-refractivity contribution in [1.29, 1.82) is 0 Å². The number of nitrogens with two attached hydrogens (primary N) is 1. The largest absolute Gasteiger partial charge is 0.383 e. The molecular formula is C12H19N5. The van der Waals surface area contributed by atoms with E-state index < -0.39 is 0 Å². The molecule has 0 aliphatic heterocycles. The molecule has 0 unspecified atom stereocenters. The van der Waals surface area contributed by atoms with E-state index in [2.05, 4.69) is 24.0 Å². The lowest BCUT2D eigenvalue weighted by Gasteiger charge is -2.07. The highest BCUT2D eigenvalue weighted by Gasteiger charge is 2.26. The fourth-order valence-electron chi connectivity index (χ4n) is 2.82. The Morgan fingerprint density at radius 1 is 1.35 bits per heavy atom. The van der Waals surface area contributed by atoms with Gasteiger partial charge in [-0.1, -0.05) is 12.8 Å². The second kappa shape index (κ2) is 3.75. The van der Waals surface area contributed by atoms with Crippen LogP contribution in [0.25, 0.3) is 11.0 Å². The second-order valence-electron chi connectivity index (χ2n) is 5.24. The van der Waals surface area contributed by atoms with Gasteiger partial charge >= 0.3 is 0 Å². The smallest absolute Gasteiger partial charge is 0.182 e. The van der Waals surface area contributed by atoms with E-state index in [1.54, 1.807) is 0 Å². The van der Waals surface area contributed by atoms with Gasteiger partial charge in [-0.3, -0.25) is 5.10 Å². The molecule has 0 radical (unpaired) electrons. The van der Waals surface area contributed by atoms with Gasteiger partial charge in [0.1, 0.15) is 5.82 Å². The van der Waals surface area contributed by atoms with Crippen LogP contribution in [0, 0.1) is 0 Å². The van der Waals surface area contributed by atoms with Gasteiger partial charge in [0.2, 0.25) is 0 Å². The van der Waals surface area contributed by atoms with Gasteiger partial charge in [0.25, 0.3) is 0 Å². The van der Waals surface area contributed by atoms with Gasteiger partial charge in [0.05, 0.1) is 11.1 Å². The molecule has 2 aromatic rings. The first kappa shape index (κ1) is 10.6. The maximum atomic E-state index is 5.99. The van der Waals surface area contributed by atoms with E-state index >= 15 is 0 Å². The summed E-state index contributed by atoms with van der Waals surface area (Å²) in [5, 5.41) is 13.0. The fraction of sp³-hybridized carbons (Fsp3) is 0.667. The number of nitrogens with zero attached hydrogens (tertiary/aromatic N) is 3. The van der Waals surface area contributed by atoms with Gasteiger partial charge < -0.3 is 5.73 Å². The Bertz CT molecular complexity index is 530. The highest BCUT2D eigenvalue weighted by Crippen LogP contribution is 2.38. The Labute approximate surface area is 100 Å². The zero-order valence-corrected chi connectivity index (χ0v) is 10.4. The van der Waals surface area contributed by atoms with Crippen molar-refractivity contribution in [2.24, 2.45) is 0 Å². The van der Waals surface area contributed by atoms with Gasteiger partial charge in [0.15, 0.2) is 5.65 Å². The topological polar surface area (TPSA) is 72.5 Å². The van der Waals surface area contributed by atoms with Crippen molar-refractivity contribution < 1.29 is 0 Å². The van der Waals surface area contributed by atoms with Crippen LogP contribution in [-0.2, 0) is 0 Å². The number of H-pyrrole nitrogens is 1. The molecule has 0 saturated heterocycles. The van der Waals surface area contributed by atoms with Crippen molar-refractivity contribution in [3.8, 4) is 0 Å². The van der Waals surface area contributed by atoms with Gasteiger partial charge in [-0.15, -0.1) is 0 Å². The summed E-state index contributed by atoms with van der Waals surface area (Å²) in [6.07, 6.45) is 5.07. The van der Waals surface area contributed by atoms with Crippen LogP contribution in [0.3, 0.4) is 0 Å². The van der Waals surface area contributed by atoms with Crippen LogP contribution in [-0.4, -0.2) is 20.0 Å². The Morgan fingerprint density at radius 3 is 2.71 bits per heavy atom. The molecule has 0 atom stereocenters. The van der Waals surface area contributed by atoms with Crippen molar-refractivity contribution in [2.75, 3.05) is 5.73 Å². The quantitative estimate of drug-likeness (QED) is 0.837. The summed E-state index contributed by atoms with van der Waals surface area (Å²) in [5.74, 6) is 1.23. The lowest BCUT2D eigenvalue weighted by Crippen LogP contribution is -2.05. The zero-order valence-electron chi connectivity index (χ0n) is 10.4. The number of anilines is 1. The predicted octanol–water partition coefficient (Wildman–Crippen LogP) is 2.58. The summed E-state index contributed by atoms with van der Waals surface area (Å²) in [5.41, 5.74) is 8.04. The summed E-state index contributed by atoms with van der Waals surface area (Å²) < 4.78 is 1.98. The lowest BCUT2D eigenvalue weighted by atomic mass is 10.0. The summed E-state index contributed by atoms with van der Waals surface area (Å²) in [4.78, 5) is 0. The average molecular weight is 233 g/mol. The minimum atomic E-state index is 0.315. The Balaban J connectivity index is 2.19. The monoisotopic (exact) mass is 233 g/mol. The number of aromatic amines is 1. The first-order valence-corrected chi connectivity index (χ1v) is 6.40. The Morgan fingerprint density at radius 2 is 2.06 bits per heavy atom. The SMILES string of the molecule is CC(C)n1nc(C2CCCC2)c2c(N)[nH]nc21. The van der Waals surface area contributed by atoms with Crippen molar-refractivity contribution in [2.45, 2.75) is 51.5 Å². The van der Waals surface area contributed by atoms with E-state index in [9.17, 15) is 0 Å². The van der Waals surface area contributed by atoms with Gasteiger partial charge in [-0.2, -0.15) is 10.2 Å². The third kappa shape index (κ3) is 1.52. The third-order valence-corrected chi connectivity index (χ3v) is 3.69. The van der Waals surface area contributed by atoms with Crippen molar-refractivity contribution in [3.05, 3.63) is 5.69 Å². The van der Waals surface area contributed by atoms with Crippen LogP contribution < -0.4 is 5.73 Å². The van der Waals surface area contributed by atoms with E-state index in [0.29, 0.717) is 17.8 Å². The van der Waals surface area contributed by atoms with Gasteiger partial charge in [-0.25, -0.2) is 4.68 Å². The number of nitrogens with one attached hydrogen (secondary N) is 1. The van der Waals surface area contributed by atoms with Crippen LogP contribution in [0.4, 0.5) is 5.82 Å². The molecule has 17 heavy (non-hydrogen) atoms. The summed E-state index contributed by atoms with van der Waals surface area (Å²) >= 11 is 0. The maximum absolute atomic E-state index is 5.99. The Hall–Kier alpha value is -1.52. The van der Waals surface area contributed by atoms with Crippen molar-refractivity contribution >= 4 is 16.9 Å². The number of hydrogen-bond donors (Lipinski definition) is 2. The standard InChI is InChI=1S/C12H19N5/c1-7(2)17-12-9(11(13)14-15-12)10(16-17)8-5-3-4-6-8/h7-8H,3-6H2,1-2H3,(H3,13,14,15). The Kier molecular flexibility index (Phi) is 2.34. The average Bonchev–Trinajstić information content (AvgIpc) is 2.95. The van der Waals surface area contributed by atoms with Gasteiger partial charge in [0, 0.05) is 12.0 Å². The first-order valence-electron chi connectivity index (χ1n) is 6.40. The zero-order chi connectivity index (χ0) is 12.0. The molecule has 3 rings (SSSR count). The molecule has 0 aromatic carbocycles. The van der Waals surface area contributed by atoms with E-state index in [0.717, 1.165) is 16.7 Å². The molecule has 5 heteroatoms. The third-order valence-electron chi connectivity index (χ3n) is 3.69. The van der Waals surface area contributed by atoms with Crippen LogP contribution in [0.15, 0.2) is 0 Å². The molecule has 1 saturated carbocycles. The molecule has 1 aliphatic carbocycles. The number of aromatic nitrogens is 4. The molecular weight excluding hydrogens is 214 g/mol. The lowest BCUT2D eigenvalue weighted by molar-refractivity contribution is 0.528. The van der Waals surface area contributed by atoms with Gasteiger partial charge in [-0.05, 0) is 26.7 Å². The van der Waals surface area contributed by atoms with Crippen LogP contribution in [0.2, 0.25) is 0 Å². The summed E-state index contributed by atoms with van der Waals surface area (Å²) in [6, 6.07) is 0.315. The molecule has 1 aliphatic rings. The number of nitrogen functional groups attached to an aromatic ring is 1. The number of hydrogen-bond acceptors (Lipinski definition) is 3. The van der Waals surface area contributed by atoms with E-state index in [-0.39, 0.29) is 0 Å². The molecule has 92 valence electrons. The minimum absolute atomic E-state index is 0.315. The molecule has 0 bridgehead atoms. The normalized spacial score (nSPS) is 17.6. The molecule has 5 nitrogen and oxygen atoms in total. The van der Waals surface area contributed by atoms with E-state index in [4.69, 9.17) is 10.8 Å².